The lowest BCUT2D eigenvalue weighted by molar-refractivity contribution is -0.127. The van der Waals surface area contributed by atoms with Crippen molar-refractivity contribution in [1.29, 1.82) is 0 Å². The Balaban J connectivity index is 1.98. The second-order valence-corrected chi connectivity index (χ2v) is 5.71. The third kappa shape index (κ3) is 3.84. The van der Waals surface area contributed by atoms with Crippen molar-refractivity contribution in [2.45, 2.75) is 0 Å². The number of methoxy groups -OCH3 is 1. The average molecular weight is 339 g/mol. The fraction of sp³-hybridized carbons (Fsp3) is 0.400. The Labute approximate surface area is 128 Å². The normalized spacial score (nSPS) is 16.6. The van der Waals surface area contributed by atoms with Crippen molar-refractivity contribution in [3.63, 3.8) is 0 Å². The van der Waals surface area contributed by atoms with Gasteiger partial charge in [-0.25, -0.2) is 0 Å². The van der Waals surface area contributed by atoms with Gasteiger partial charge in [-0.2, -0.15) is 0 Å². The van der Waals surface area contributed by atoms with E-state index >= 15 is 0 Å². The maximum Gasteiger partial charge on any atom is 0.246 e. The van der Waals surface area contributed by atoms with Gasteiger partial charge in [0.1, 0.15) is 5.75 Å². The summed E-state index contributed by atoms with van der Waals surface area (Å²) in [5.74, 6) is 0.859. The van der Waals surface area contributed by atoms with Crippen LogP contribution < -0.4 is 4.74 Å². The molecule has 1 aliphatic heterocycles. The maximum absolute atomic E-state index is 12.1. The van der Waals surface area contributed by atoms with Crippen LogP contribution in [0.25, 0.3) is 6.08 Å². The molecule has 1 aromatic rings. The highest BCUT2D eigenvalue weighted by Crippen LogP contribution is 2.25. The Kier molecular flexibility index (Phi) is 5.20. The number of ether oxygens (including phenoxy) is 1. The second-order valence-electron chi connectivity index (χ2n) is 4.86. The van der Waals surface area contributed by atoms with Gasteiger partial charge in [0, 0.05) is 32.3 Å². The number of piperazine rings is 1. The Morgan fingerprint density at radius 1 is 1.30 bits per heavy atom. The second kappa shape index (κ2) is 6.90. The highest BCUT2D eigenvalue weighted by atomic mass is 79.9. The van der Waals surface area contributed by atoms with Crippen molar-refractivity contribution in [3.05, 3.63) is 34.3 Å². The summed E-state index contributed by atoms with van der Waals surface area (Å²) in [7, 11) is 3.71. The van der Waals surface area contributed by atoms with Crippen LogP contribution in [-0.4, -0.2) is 56.0 Å². The molecular formula is C15H19BrN2O2. The summed E-state index contributed by atoms with van der Waals surface area (Å²) in [6, 6.07) is 5.74. The van der Waals surface area contributed by atoms with E-state index in [1.54, 1.807) is 13.2 Å². The highest BCUT2D eigenvalue weighted by Gasteiger charge is 2.16. The molecule has 2 rings (SSSR count). The lowest BCUT2D eigenvalue weighted by atomic mass is 10.2. The van der Waals surface area contributed by atoms with E-state index < -0.39 is 0 Å². The maximum atomic E-state index is 12.1. The molecule has 0 saturated carbocycles. The molecule has 0 atom stereocenters. The molecule has 1 aromatic carbocycles. The fourth-order valence-electron chi connectivity index (χ4n) is 2.09. The van der Waals surface area contributed by atoms with Crippen LogP contribution in [0.4, 0.5) is 0 Å². The zero-order chi connectivity index (χ0) is 14.5. The molecule has 5 heteroatoms. The largest absolute Gasteiger partial charge is 0.496 e. The number of benzene rings is 1. The van der Waals surface area contributed by atoms with Gasteiger partial charge in [-0.1, -0.05) is 6.07 Å². The molecule has 1 amide bonds. The summed E-state index contributed by atoms with van der Waals surface area (Å²) < 4.78 is 6.06. The van der Waals surface area contributed by atoms with Gasteiger partial charge in [-0.3, -0.25) is 4.79 Å². The molecule has 0 unspecified atom stereocenters. The van der Waals surface area contributed by atoms with Crippen LogP contribution >= 0.6 is 15.9 Å². The molecule has 4 nitrogen and oxygen atoms in total. The smallest absolute Gasteiger partial charge is 0.246 e. The van der Waals surface area contributed by atoms with Crippen molar-refractivity contribution in [3.8, 4) is 5.75 Å². The first kappa shape index (κ1) is 15.1. The lowest BCUT2D eigenvalue weighted by Crippen LogP contribution is -2.46. The molecule has 108 valence electrons. The van der Waals surface area contributed by atoms with Crippen LogP contribution in [0.3, 0.4) is 0 Å². The third-order valence-electron chi connectivity index (χ3n) is 3.41. The van der Waals surface area contributed by atoms with E-state index in [9.17, 15) is 4.79 Å². The predicted octanol–water partition coefficient (Wildman–Crippen LogP) is 2.24. The minimum absolute atomic E-state index is 0.0741. The molecule has 1 aliphatic rings. The molecule has 0 radical (unpaired) electrons. The van der Waals surface area contributed by atoms with Crippen molar-refractivity contribution < 1.29 is 9.53 Å². The van der Waals surface area contributed by atoms with E-state index in [0.717, 1.165) is 42.0 Å². The number of carbonyl (C=O) groups is 1. The topological polar surface area (TPSA) is 32.8 Å². The van der Waals surface area contributed by atoms with Crippen molar-refractivity contribution >= 4 is 27.9 Å². The Morgan fingerprint density at radius 3 is 2.60 bits per heavy atom. The number of likely N-dealkylation sites (N-methyl/N-ethyl adjacent to an activating group) is 1. The van der Waals surface area contributed by atoms with E-state index in [4.69, 9.17) is 4.74 Å². The molecule has 0 aliphatic carbocycles. The number of rotatable bonds is 3. The van der Waals surface area contributed by atoms with Gasteiger partial charge in [-0.15, -0.1) is 0 Å². The van der Waals surface area contributed by atoms with Crippen LogP contribution in [0, 0.1) is 0 Å². The first-order valence-corrected chi connectivity index (χ1v) is 7.38. The number of carbonyl (C=O) groups excluding carboxylic acids is 1. The zero-order valence-electron chi connectivity index (χ0n) is 11.8. The van der Waals surface area contributed by atoms with Gasteiger partial charge in [-0.05, 0) is 46.7 Å². The molecule has 1 saturated heterocycles. The summed E-state index contributed by atoms with van der Waals surface area (Å²) in [5.41, 5.74) is 0.972. The third-order valence-corrected chi connectivity index (χ3v) is 4.03. The van der Waals surface area contributed by atoms with Crippen LogP contribution in [-0.2, 0) is 4.79 Å². The Morgan fingerprint density at radius 2 is 2.00 bits per heavy atom. The van der Waals surface area contributed by atoms with E-state index in [1.807, 2.05) is 29.2 Å². The molecule has 0 N–H and O–H groups in total. The number of halogens is 1. The minimum atomic E-state index is 0.0741. The molecule has 1 fully saturated rings. The number of hydrogen-bond donors (Lipinski definition) is 0. The van der Waals surface area contributed by atoms with Crippen molar-refractivity contribution in [2.75, 3.05) is 40.3 Å². The van der Waals surface area contributed by atoms with Crippen LogP contribution in [0.5, 0.6) is 5.75 Å². The standard InChI is InChI=1S/C15H19BrN2O2/c1-17-7-9-18(10-8-17)15(19)6-4-12-3-5-14(20-2)13(16)11-12/h3-6,11H,7-10H2,1-2H3. The van der Waals surface area contributed by atoms with Gasteiger partial charge >= 0.3 is 0 Å². The monoisotopic (exact) mass is 338 g/mol. The summed E-state index contributed by atoms with van der Waals surface area (Å²) in [5, 5.41) is 0. The van der Waals surface area contributed by atoms with E-state index in [0.29, 0.717) is 0 Å². The average Bonchev–Trinajstić information content (AvgIpc) is 2.45. The quantitative estimate of drug-likeness (QED) is 0.792. The van der Waals surface area contributed by atoms with Gasteiger partial charge in [0.05, 0.1) is 11.6 Å². The first-order chi connectivity index (χ1) is 9.60. The number of nitrogens with zero attached hydrogens (tertiary/aromatic N) is 2. The van der Waals surface area contributed by atoms with Gasteiger partial charge in [0.2, 0.25) is 5.91 Å². The molecule has 0 spiro atoms. The van der Waals surface area contributed by atoms with E-state index in [-0.39, 0.29) is 5.91 Å². The van der Waals surface area contributed by atoms with E-state index in [1.165, 1.54) is 0 Å². The summed E-state index contributed by atoms with van der Waals surface area (Å²) >= 11 is 3.44. The fourth-order valence-corrected chi connectivity index (χ4v) is 2.64. The van der Waals surface area contributed by atoms with Crippen LogP contribution in [0.1, 0.15) is 5.56 Å². The highest BCUT2D eigenvalue weighted by molar-refractivity contribution is 9.10. The number of amides is 1. The summed E-state index contributed by atoms with van der Waals surface area (Å²) in [6.45, 7) is 3.47. The Bertz CT molecular complexity index is 509. The first-order valence-electron chi connectivity index (χ1n) is 6.59. The van der Waals surface area contributed by atoms with E-state index in [2.05, 4.69) is 27.9 Å². The molecule has 0 aromatic heterocycles. The van der Waals surface area contributed by atoms with Crippen LogP contribution in [0.2, 0.25) is 0 Å². The van der Waals surface area contributed by atoms with Gasteiger partial charge in [0.15, 0.2) is 0 Å². The molecule has 1 heterocycles. The molecular weight excluding hydrogens is 320 g/mol. The minimum Gasteiger partial charge on any atom is -0.496 e. The zero-order valence-corrected chi connectivity index (χ0v) is 13.4. The van der Waals surface area contributed by atoms with Gasteiger partial charge < -0.3 is 14.5 Å². The lowest BCUT2D eigenvalue weighted by Gasteiger charge is -2.31. The summed E-state index contributed by atoms with van der Waals surface area (Å²) in [4.78, 5) is 16.2. The molecule has 0 bridgehead atoms. The van der Waals surface area contributed by atoms with Crippen molar-refractivity contribution in [2.24, 2.45) is 0 Å². The number of hydrogen-bond acceptors (Lipinski definition) is 3. The van der Waals surface area contributed by atoms with Crippen molar-refractivity contribution in [1.82, 2.24) is 9.80 Å². The predicted molar refractivity (Wildman–Crippen MR) is 83.8 cm³/mol. The van der Waals surface area contributed by atoms with Gasteiger partial charge in [0.25, 0.3) is 0 Å². The summed E-state index contributed by atoms with van der Waals surface area (Å²) in [6.07, 6.45) is 3.48. The Hall–Kier alpha value is -1.33. The van der Waals surface area contributed by atoms with Crippen LogP contribution in [0.15, 0.2) is 28.7 Å². The molecule has 20 heavy (non-hydrogen) atoms. The SMILES string of the molecule is COc1ccc(C=CC(=O)N2CCN(C)CC2)cc1Br.